The van der Waals surface area contributed by atoms with Crippen LogP contribution in [0.3, 0.4) is 0 Å². The summed E-state index contributed by atoms with van der Waals surface area (Å²) in [6.45, 7) is 1.90. The van der Waals surface area contributed by atoms with Crippen molar-refractivity contribution in [2.75, 3.05) is 6.61 Å². The first-order chi connectivity index (χ1) is 8.30. The highest BCUT2D eigenvalue weighted by Crippen LogP contribution is 2.29. The molecular formula is C12H17F3O3. The van der Waals surface area contributed by atoms with Crippen LogP contribution in [-0.4, -0.2) is 30.0 Å². The maximum Gasteiger partial charge on any atom is 0.415 e. The third-order valence-electron chi connectivity index (χ3n) is 3.15. The maximum atomic E-state index is 12.5. The van der Waals surface area contributed by atoms with E-state index < -0.39 is 24.7 Å². The third kappa shape index (κ3) is 4.68. The quantitative estimate of drug-likeness (QED) is 0.778. The smallest absolute Gasteiger partial charge is 0.415 e. The number of hydrogen-bond acceptors (Lipinski definition) is 2. The van der Waals surface area contributed by atoms with Gasteiger partial charge >= 0.3 is 12.1 Å². The summed E-state index contributed by atoms with van der Waals surface area (Å²) >= 11 is 0. The summed E-state index contributed by atoms with van der Waals surface area (Å²) in [5, 5.41) is 8.45. The molecule has 0 heterocycles. The minimum Gasteiger partial charge on any atom is -0.481 e. The number of hydrogen-bond donors (Lipinski definition) is 1. The second kappa shape index (κ2) is 6.22. The van der Waals surface area contributed by atoms with E-state index >= 15 is 0 Å². The average molecular weight is 266 g/mol. The average Bonchev–Trinajstić information content (AvgIpc) is 2.24. The fourth-order valence-electron chi connectivity index (χ4n) is 1.91. The standard InChI is InChI=1S/C12H17F3O3/c1-8-4-2-3-5-9(8)7-18-10(6-11(16)17)12(13,14)15/h2-3,8-10H,4-7H2,1H3,(H,16,17). The van der Waals surface area contributed by atoms with E-state index in [0.29, 0.717) is 6.42 Å². The number of aliphatic carboxylic acids is 1. The highest BCUT2D eigenvalue weighted by molar-refractivity contribution is 5.67. The molecule has 6 heteroatoms. The van der Waals surface area contributed by atoms with Gasteiger partial charge in [0, 0.05) is 0 Å². The number of allylic oxidation sites excluding steroid dienone is 2. The van der Waals surface area contributed by atoms with E-state index in [9.17, 15) is 18.0 Å². The Morgan fingerprint density at radius 3 is 2.56 bits per heavy atom. The van der Waals surface area contributed by atoms with Crippen molar-refractivity contribution in [2.24, 2.45) is 11.8 Å². The Labute approximate surface area is 104 Å². The van der Waals surface area contributed by atoms with Crippen LogP contribution >= 0.6 is 0 Å². The van der Waals surface area contributed by atoms with Crippen molar-refractivity contribution in [3.63, 3.8) is 0 Å². The second-order valence-corrected chi connectivity index (χ2v) is 4.64. The minimum atomic E-state index is -4.63. The number of carbonyl (C=O) groups is 1. The van der Waals surface area contributed by atoms with Gasteiger partial charge in [0.15, 0.2) is 6.10 Å². The third-order valence-corrected chi connectivity index (χ3v) is 3.15. The molecule has 0 aliphatic heterocycles. The molecule has 3 nitrogen and oxygen atoms in total. The first kappa shape index (κ1) is 15.0. The van der Waals surface area contributed by atoms with Crippen LogP contribution in [0, 0.1) is 11.8 Å². The predicted molar refractivity (Wildman–Crippen MR) is 59.1 cm³/mol. The van der Waals surface area contributed by atoms with Crippen molar-refractivity contribution in [1.29, 1.82) is 0 Å². The number of rotatable bonds is 5. The molecule has 3 unspecified atom stereocenters. The number of carboxylic acid groups (broad SMARTS) is 1. The Morgan fingerprint density at radius 2 is 2.06 bits per heavy atom. The molecule has 1 aliphatic carbocycles. The largest absolute Gasteiger partial charge is 0.481 e. The Hall–Kier alpha value is -1.04. The van der Waals surface area contributed by atoms with Crippen LogP contribution in [0.15, 0.2) is 12.2 Å². The van der Waals surface area contributed by atoms with Crippen molar-refractivity contribution in [1.82, 2.24) is 0 Å². The van der Waals surface area contributed by atoms with Crippen LogP contribution in [0.1, 0.15) is 26.2 Å². The normalized spacial score (nSPS) is 26.0. The van der Waals surface area contributed by atoms with Gasteiger partial charge in [-0.15, -0.1) is 0 Å². The fraction of sp³-hybridized carbons (Fsp3) is 0.750. The molecule has 0 aromatic heterocycles. The Morgan fingerprint density at radius 1 is 1.44 bits per heavy atom. The molecule has 0 radical (unpaired) electrons. The molecule has 0 amide bonds. The van der Waals surface area contributed by atoms with Crippen LogP contribution in [0.2, 0.25) is 0 Å². The molecule has 0 aromatic carbocycles. The van der Waals surface area contributed by atoms with Gasteiger partial charge in [0.2, 0.25) is 0 Å². The van der Waals surface area contributed by atoms with Crippen molar-refractivity contribution in [3.05, 3.63) is 12.2 Å². The summed E-state index contributed by atoms with van der Waals surface area (Å²) < 4.78 is 42.4. The Bertz CT molecular complexity index is 312. The Kier molecular flexibility index (Phi) is 5.19. The number of halogens is 3. The molecule has 0 fully saturated rings. The number of ether oxygens (including phenoxy) is 1. The lowest BCUT2D eigenvalue weighted by molar-refractivity contribution is -0.227. The van der Waals surface area contributed by atoms with E-state index in [2.05, 4.69) is 0 Å². The summed E-state index contributed by atoms with van der Waals surface area (Å²) in [6.07, 6.45) is -2.46. The first-order valence-electron chi connectivity index (χ1n) is 5.85. The molecule has 0 saturated carbocycles. The van der Waals surface area contributed by atoms with E-state index in [1.54, 1.807) is 0 Å². The minimum absolute atomic E-state index is 0.0219. The summed E-state index contributed by atoms with van der Waals surface area (Å²) in [4.78, 5) is 10.4. The topological polar surface area (TPSA) is 46.5 Å². The van der Waals surface area contributed by atoms with Crippen molar-refractivity contribution in [3.8, 4) is 0 Å². The molecule has 0 bridgehead atoms. The van der Waals surface area contributed by atoms with Gasteiger partial charge in [0.1, 0.15) is 0 Å². The molecule has 104 valence electrons. The zero-order valence-electron chi connectivity index (χ0n) is 10.1. The molecule has 0 spiro atoms. The Balaban J connectivity index is 2.51. The zero-order valence-corrected chi connectivity index (χ0v) is 10.1. The molecule has 1 rings (SSSR count). The lowest BCUT2D eigenvalue weighted by Crippen LogP contribution is -2.36. The van der Waals surface area contributed by atoms with Crippen LogP contribution in [0.4, 0.5) is 13.2 Å². The van der Waals surface area contributed by atoms with Crippen LogP contribution < -0.4 is 0 Å². The molecule has 1 N–H and O–H groups in total. The molecule has 0 saturated heterocycles. The van der Waals surface area contributed by atoms with Gasteiger partial charge in [0.05, 0.1) is 13.0 Å². The van der Waals surface area contributed by atoms with Gasteiger partial charge in [-0.1, -0.05) is 19.1 Å². The van der Waals surface area contributed by atoms with E-state index in [-0.39, 0.29) is 18.4 Å². The molecule has 1 aliphatic rings. The van der Waals surface area contributed by atoms with E-state index in [1.165, 1.54) is 0 Å². The second-order valence-electron chi connectivity index (χ2n) is 4.64. The number of carboxylic acids is 1. The highest BCUT2D eigenvalue weighted by atomic mass is 19.4. The van der Waals surface area contributed by atoms with Gasteiger partial charge in [0.25, 0.3) is 0 Å². The van der Waals surface area contributed by atoms with Crippen molar-refractivity contribution in [2.45, 2.75) is 38.5 Å². The molecule has 0 aromatic rings. The van der Waals surface area contributed by atoms with Gasteiger partial charge in [-0.2, -0.15) is 13.2 Å². The highest BCUT2D eigenvalue weighted by Gasteiger charge is 2.42. The van der Waals surface area contributed by atoms with Crippen LogP contribution in [0.25, 0.3) is 0 Å². The lowest BCUT2D eigenvalue weighted by Gasteiger charge is -2.27. The van der Waals surface area contributed by atoms with Crippen LogP contribution in [0.5, 0.6) is 0 Å². The number of alkyl halides is 3. The maximum absolute atomic E-state index is 12.5. The summed E-state index contributed by atoms with van der Waals surface area (Å²) in [5.74, 6) is -1.23. The van der Waals surface area contributed by atoms with E-state index in [0.717, 1.165) is 6.42 Å². The molecular weight excluding hydrogens is 249 g/mol. The van der Waals surface area contributed by atoms with Gasteiger partial charge in [-0.05, 0) is 24.7 Å². The lowest BCUT2D eigenvalue weighted by atomic mass is 9.85. The monoisotopic (exact) mass is 266 g/mol. The van der Waals surface area contributed by atoms with Gasteiger partial charge < -0.3 is 9.84 Å². The summed E-state index contributed by atoms with van der Waals surface area (Å²) in [7, 11) is 0. The van der Waals surface area contributed by atoms with Gasteiger partial charge in [-0.3, -0.25) is 4.79 Å². The first-order valence-corrected chi connectivity index (χ1v) is 5.85. The zero-order chi connectivity index (χ0) is 13.8. The summed E-state index contributed by atoms with van der Waals surface area (Å²) in [5.41, 5.74) is 0. The summed E-state index contributed by atoms with van der Waals surface area (Å²) in [6, 6.07) is 0. The van der Waals surface area contributed by atoms with Gasteiger partial charge in [-0.25, -0.2) is 0 Å². The van der Waals surface area contributed by atoms with Crippen LogP contribution in [-0.2, 0) is 9.53 Å². The molecule has 3 atom stereocenters. The van der Waals surface area contributed by atoms with E-state index in [1.807, 2.05) is 19.1 Å². The van der Waals surface area contributed by atoms with Crippen molar-refractivity contribution < 1.29 is 27.8 Å². The molecule has 18 heavy (non-hydrogen) atoms. The van der Waals surface area contributed by atoms with Crippen molar-refractivity contribution >= 4 is 5.97 Å². The predicted octanol–water partition coefficient (Wildman–Crippen LogP) is 3.01. The van der Waals surface area contributed by atoms with E-state index in [4.69, 9.17) is 9.84 Å². The fourth-order valence-corrected chi connectivity index (χ4v) is 1.91. The SMILES string of the molecule is CC1CC=CCC1COC(CC(=O)O)C(F)(F)F.